The fourth-order valence-electron chi connectivity index (χ4n) is 3.68. The van der Waals surface area contributed by atoms with Gasteiger partial charge in [0.15, 0.2) is 0 Å². The Morgan fingerprint density at radius 3 is 2.32 bits per heavy atom. The van der Waals surface area contributed by atoms with Gasteiger partial charge in [-0.3, -0.25) is 0 Å². The fraction of sp³-hybridized carbons (Fsp3) is 1.00. The zero-order chi connectivity index (χ0) is 14.1. The van der Waals surface area contributed by atoms with E-state index in [0.717, 1.165) is 32.7 Å². The third-order valence-corrected chi connectivity index (χ3v) is 5.30. The summed E-state index contributed by atoms with van der Waals surface area (Å²) < 4.78 is 0. The van der Waals surface area contributed by atoms with Crippen LogP contribution in [0.4, 0.5) is 0 Å². The average Bonchev–Trinajstić information content (AvgIpc) is 2.35. The molecule has 2 unspecified atom stereocenters. The highest BCUT2D eigenvalue weighted by atomic mass is 15.5. The van der Waals surface area contributed by atoms with E-state index in [9.17, 15) is 0 Å². The Kier molecular flexibility index (Phi) is 4.56. The second kappa shape index (κ2) is 5.68. The lowest BCUT2D eigenvalue weighted by molar-refractivity contribution is -0.00858. The molecule has 0 aromatic carbocycles. The van der Waals surface area contributed by atoms with Crippen LogP contribution in [0.2, 0.25) is 0 Å². The number of rotatable bonds is 3. The predicted octanol–water partition coefficient (Wildman–Crippen LogP) is 1.28. The highest BCUT2D eigenvalue weighted by molar-refractivity contribution is 5.00. The van der Waals surface area contributed by atoms with Gasteiger partial charge in [-0.25, -0.2) is 10.4 Å². The Morgan fingerprint density at radius 2 is 1.79 bits per heavy atom. The molecule has 19 heavy (non-hydrogen) atoms. The van der Waals surface area contributed by atoms with Crippen molar-refractivity contribution in [1.82, 2.24) is 15.3 Å². The molecule has 112 valence electrons. The molecule has 1 aliphatic carbocycles. The first-order valence-electron chi connectivity index (χ1n) is 7.78. The van der Waals surface area contributed by atoms with Gasteiger partial charge in [-0.2, -0.15) is 0 Å². The van der Waals surface area contributed by atoms with Crippen LogP contribution in [0, 0.1) is 11.3 Å². The van der Waals surface area contributed by atoms with E-state index in [1.165, 1.54) is 19.3 Å². The van der Waals surface area contributed by atoms with Crippen molar-refractivity contribution in [1.29, 1.82) is 0 Å². The Hall–Kier alpha value is -0.160. The lowest BCUT2D eigenvalue weighted by atomic mass is 9.64. The van der Waals surface area contributed by atoms with Crippen LogP contribution in [-0.2, 0) is 0 Å². The van der Waals surface area contributed by atoms with Crippen LogP contribution in [0.1, 0.15) is 40.0 Å². The van der Waals surface area contributed by atoms with Gasteiger partial charge in [0.05, 0.1) is 0 Å². The van der Waals surface area contributed by atoms with E-state index in [1.54, 1.807) is 0 Å². The SMILES string of the molecule is CC1CC(C)(C)CCC1(CN)NN1CCN(C)CC1. The van der Waals surface area contributed by atoms with Crippen molar-refractivity contribution in [3.05, 3.63) is 0 Å². The third kappa shape index (κ3) is 3.48. The lowest BCUT2D eigenvalue weighted by Gasteiger charge is -2.51. The van der Waals surface area contributed by atoms with E-state index in [2.05, 4.69) is 43.2 Å². The summed E-state index contributed by atoms with van der Waals surface area (Å²) in [7, 11) is 2.20. The Balaban J connectivity index is 1.98. The predicted molar refractivity (Wildman–Crippen MR) is 80.8 cm³/mol. The van der Waals surface area contributed by atoms with E-state index in [0.29, 0.717) is 11.3 Å². The third-order valence-electron chi connectivity index (χ3n) is 5.30. The molecule has 2 aliphatic rings. The zero-order valence-electron chi connectivity index (χ0n) is 13.2. The molecule has 1 saturated heterocycles. The summed E-state index contributed by atoms with van der Waals surface area (Å²) in [5.74, 6) is 0.640. The maximum absolute atomic E-state index is 6.16. The van der Waals surface area contributed by atoms with Crippen LogP contribution in [-0.4, -0.2) is 55.2 Å². The van der Waals surface area contributed by atoms with Crippen molar-refractivity contribution in [2.75, 3.05) is 39.8 Å². The largest absolute Gasteiger partial charge is 0.329 e. The lowest BCUT2D eigenvalue weighted by Crippen LogP contribution is -2.66. The van der Waals surface area contributed by atoms with E-state index < -0.39 is 0 Å². The summed E-state index contributed by atoms with van der Waals surface area (Å²) in [6, 6.07) is 0. The molecule has 1 heterocycles. The Bertz CT molecular complexity index is 297. The van der Waals surface area contributed by atoms with Crippen molar-refractivity contribution in [2.24, 2.45) is 17.1 Å². The fourth-order valence-corrected chi connectivity index (χ4v) is 3.68. The number of nitrogens with two attached hydrogens (primary N) is 1. The topological polar surface area (TPSA) is 44.5 Å². The van der Waals surface area contributed by atoms with Gasteiger partial charge in [0.25, 0.3) is 0 Å². The molecular formula is C15H32N4. The van der Waals surface area contributed by atoms with Gasteiger partial charge in [-0.05, 0) is 37.6 Å². The molecule has 4 nitrogen and oxygen atoms in total. The van der Waals surface area contributed by atoms with Crippen LogP contribution in [0.15, 0.2) is 0 Å². The summed E-state index contributed by atoms with van der Waals surface area (Å²) in [5.41, 5.74) is 10.6. The van der Waals surface area contributed by atoms with E-state index >= 15 is 0 Å². The van der Waals surface area contributed by atoms with Gasteiger partial charge in [-0.15, -0.1) is 0 Å². The monoisotopic (exact) mass is 268 g/mol. The van der Waals surface area contributed by atoms with Crippen molar-refractivity contribution < 1.29 is 0 Å². The van der Waals surface area contributed by atoms with Crippen LogP contribution >= 0.6 is 0 Å². The van der Waals surface area contributed by atoms with Crippen LogP contribution in [0.5, 0.6) is 0 Å². The first-order chi connectivity index (χ1) is 8.87. The van der Waals surface area contributed by atoms with Crippen LogP contribution in [0.25, 0.3) is 0 Å². The van der Waals surface area contributed by atoms with Gasteiger partial charge in [0.2, 0.25) is 0 Å². The van der Waals surface area contributed by atoms with Gasteiger partial charge in [0, 0.05) is 38.3 Å². The standard InChI is InChI=1S/C15H32N4/c1-13-11-14(2,3)5-6-15(13,12-16)17-19-9-7-18(4)8-10-19/h13,17H,5-12,16H2,1-4H3. The first kappa shape index (κ1) is 15.2. The van der Waals surface area contributed by atoms with Crippen molar-refractivity contribution in [3.63, 3.8) is 0 Å². The summed E-state index contributed by atoms with van der Waals surface area (Å²) in [4.78, 5) is 2.39. The first-order valence-corrected chi connectivity index (χ1v) is 7.78. The molecule has 0 spiro atoms. The minimum absolute atomic E-state index is 0.116. The number of hydrogen-bond donors (Lipinski definition) is 2. The summed E-state index contributed by atoms with van der Waals surface area (Å²) in [5, 5.41) is 2.40. The van der Waals surface area contributed by atoms with Crippen molar-refractivity contribution >= 4 is 0 Å². The molecule has 3 N–H and O–H groups in total. The van der Waals surface area contributed by atoms with Gasteiger partial charge in [0.1, 0.15) is 0 Å². The van der Waals surface area contributed by atoms with Gasteiger partial charge >= 0.3 is 0 Å². The quantitative estimate of drug-likeness (QED) is 0.809. The smallest absolute Gasteiger partial charge is 0.0473 e. The minimum Gasteiger partial charge on any atom is -0.329 e. The van der Waals surface area contributed by atoms with Crippen LogP contribution in [0.3, 0.4) is 0 Å². The number of nitrogens with one attached hydrogen (secondary N) is 1. The highest BCUT2D eigenvalue weighted by Gasteiger charge is 2.43. The number of nitrogens with zero attached hydrogens (tertiary/aromatic N) is 2. The molecule has 0 amide bonds. The van der Waals surface area contributed by atoms with E-state index in [4.69, 9.17) is 5.73 Å². The number of hydrazine groups is 1. The molecule has 0 aromatic rings. The Morgan fingerprint density at radius 1 is 1.16 bits per heavy atom. The summed E-state index contributed by atoms with van der Waals surface area (Å²) >= 11 is 0. The number of hydrogen-bond acceptors (Lipinski definition) is 4. The van der Waals surface area contributed by atoms with Crippen molar-refractivity contribution in [3.8, 4) is 0 Å². The van der Waals surface area contributed by atoms with Gasteiger partial charge in [-0.1, -0.05) is 20.8 Å². The summed E-state index contributed by atoms with van der Waals surface area (Å²) in [6.07, 6.45) is 3.74. The highest BCUT2D eigenvalue weighted by Crippen LogP contribution is 2.43. The Labute approximate surface area is 118 Å². The molecule has 2 fully saturated rings. The molecule has 2 rings (SSSR count). The molecule has 4 heteroatoms. The molecule has 0 aromatic heterocycles. The van der Waals surface area contributed by atoms with E-state index in [-0.39, 0.29) is 5.54 Å². The molecule has 2 atom stereocenters. The number of piperazine rings is 1. The van der Waals surface area contributed by atoms with Gasteiger partial charge < -0.3 is 10.6 Å². The van der Waals surface area contributed by atoms with Crippen LogP contribution < -0.4 is 11.2 Å². The maximum atomic E-state index is 6.16. The zero-order valence-corrected chi connectivity index (χ0v) is 13.2. The number of likely N-dealkylation sites (N-methyl/N-ethyl adjacent to an activating group) is 1. The van der Waals surface area contributed by atoms with E-state index in [1.807, 2.05) is 0 Å². The molecule has 1 saturated carbocycles. The molecule has 0 bridgehead atoms. The maximum Gasteiger partial charge on any atom is 0.0473 e. The van der Waals surface area contributed by atoms with Crippen molar-refractivity contribution in [2.45, 2.75) is 45.6 Å². The average molecular weight is 268 g/mol. The summed E-state index contributed by atoms with van der Waals surface area (Å²) in [6.45, 7) is 12.4. The molecular weight excluding hydrogens is 236 g/mol. The molecule has 0 radical (unpaired) electrons. The normalized spacial score (nSPS) is 37.4. The molecule has 1 aliphatic heterocycles. The second-order valence-electron chi connectivity index (χ2n) is 7.53. The minimum atomic E-state index is 0.116. The second-order valence-corrected chi connectivity index (χ2v) is 7.53.